The maximum atomic E-state index is 13.3. The Bertz CT molecular complexity index is 1530. The van der Waals surface area contributed by atoms with Crippen molar-refractivity contribution in [3.63, 3.8) is 0 Å². The van der Waals surface area contributed by atoms with Crippen LogP contribution in [0.1, 0.15) is 10.4 Å². The molecule has 0 aliphatic rings. The van der Waals surface area contributed by atoms with Crippen LogP contribution in [0.5, 0.6) is 11.5 Å². The van der Waals surface area contributed by atoms with Crippen LogP contribution >= 0.6 is 0 Å². The smallest absolute Gasteiger partial charge is 0.506 e. The van der Waals surface area contributed by atoms with Crippen molar-refractivity contribution in [2.45, 2.75) is 6.36 Å². The third-order valence-corrected chi connectivity index (χ3v) is 6.04. The van der Waals surface area contributed by atoms with Gasteiger partial charge in [-0.05, 0) is 66.2 Å². The molecule has 0 fully saturated rings. The molecule has 0 spiro atoms. The highest BCUT2D eigenvalue weighted by Crippen LogP contribution is 2.36. The Labute approximate surface area is 215 Å². The third kappa shape index (κ3) is 6.21. The van der Waals surface area contributed by atoms with E-state index in [2.05, 4.69) is 10.1 Å². The summed E-state index contributed by atoms with van der Waals surface area (Å²) in [5.41, 5.74) is 0.728. The number of rotatable bonds is 7. The molecule has 4 aromatic carbocycles. The van der Waals surface area contributed by atoms with E-state index in [4.69, 9.17) is 0 Å². The lowest BCUT2D eigenvalue weighted by Crippen LogP contribution is -2.17. The molecule has 2 N–H and O–H groups in total. The summed E-state index contributed by atoms with van der Waals surface area (Å²) in [6, 6.07) is 19.6. The van der Waals surface area contributed by atoms with Gasteiger partial charge in [0.15, 0.2) is 0 Å². The molecule has 12 heteroatoms. The molecule has 196 valence electrons. The van der Waals surface area contributed by atoms with Gasteiger partial charge in [0.25, 0.3) is 5.91 Å². The van der Waals surface area contributed by atoms with Crippen molar-refractivity contribution < 1.29 is 40.6 Å². The molecule has 0 unspecified atom stereocenters. The number of hydrogen-bond donors (Lipinski definition) is 3. The van der Waals surface area contributed by atoms with E-state index in [1.54, 1.807) is 6.07 Å². The Kier molecular flexibility index (Phi) is 7.53. The number of anilines is 3. The Hall–Kier alpha value is -4.58. The van der Waals surface area contributed by atoms with Crippen molar-refractivity contribution in [1.82, 2.24) is 0 Å². The van der Waals surface area contributed by atoms with Crippen LogP contribution in [0, 0.1) is 5.82 Å². The van der Waals surface area contributed by atoms with Gasteiger partial charge >= 0.3 is 6.36 Å². The summed E-state index contributed by atoms with van der Waals surface area (Å²) >= 11 is 0. The Morgan fingerprint density at radius 3 is 2.18 bits per heavy atom. The summed E-state index contributed by atoms with van der Waals surface area (Å²) in [6.07, 6.45) is -4.87. The van der Waals surface area contributed by atoms with E-state index in [-0.39, 0.29) is 28.2 Å². The number of carbonyl (C=O) groups is 1. The van der Waals surface area contributed by atoms with Gasteiger partial charge in [0.1, 0.15) is 23.0 Å². The van der Waals surface area contributed by atoms with E-state index in [0.29, 0.717) is 5.56 Å². The monoisotopic (exact) mass is 546 g/mol. The molecular formula is C26H18F4N2O5S. The Morgan fingerprint density at radius 2 is 1.55 bits per heavy atom. The third-order valence-electron chi connectivity index (χ3n) is 5.27. The first-order chi connectivity index (χ1) is 18.0. The number of thiol groups is 1. The molecule has 0 aromatic heterocycles. The first-order valence-electron chi connectivity index (χ1n) is 10.8. The molecule has 7 nitrogen and oxygen atoms in total. The number of benzene rings is 4. The van der Waals surface area contributed by atoms with E-state index in [0.717, 1.165) is 16.4 Å². The maximum absolute atomic E-state index is 13.3. The lowest BCUT2D eigenvalue weighted by atomic mass is 10.0. The van der Waals surface area contributed by atoms with Gasteiger partial charge in [-0.3, -0.25) is 4.79 Å². The molecule has 0 saturated heterocycles. The number of aromatic hydroxyl groups is 1. The number of alkyl halides is 3. The number of halogens is 4. The molecule has 0 aliphatic carbocycles. The largest absolute Gasteiger partial charge is 0.573 e. The molecule has 0 atom stereocenters. The van der Waals surface area contributed by atoms with Crippen molar-refractivity contribution in [3.8, 4) is 22.6 Å². The van der Waals surface area contributed by atoms with Gasteiger partial charge in [-0.1, -0.05) is 30.3 Å². The molecule has 1 amide bonds. The second-order valence-corrected chi connectivity index (χ2v) is 8.68. The molecule has 0 aliphatic heterocycles. The molecular weight excluding hydrogens is 528 g/mol. The minimum atomic E-state index is -4.87. The van der Waals surface area contributed by atoms with Crippen LogP contribution in [0.4, 0.5) is 34.6 Å². The number of hydrogen-bond acceptors (Lipinski definition) is 5. The first kappa shape index (κ1) is 26.5. The van der Waals surface area contributed by atoms with Crippen LogP contribution in [0.25, 0.3) is 11.1 Å². The molecule has 0 radical (unpaired) electrons. The second kappa shape index (κ2) is 10.8. The predicted molar refractivity (Wildman–Crippen MR) is 133 cm³/mol. The van der Waals surface area contributed by atoms with Crippen LogP contribution in [-0.2, 0) is 10.9 Å². The predicted octanol–water partition coefficient (Wildman–Crippen LogP) is 6.01. The van der Waals surface area contributed by atoms with Crippen LogP contribution in [0.3, 0.4) is 0 Å². The van der Waals surface area contributed by atoms with Crippen molar-refractivity contribution in [1.29, 1.82) is 0 Å². The summed E-state index contributed by atoms with van der Waals surface area (Å²) < 4.78 is 80.2. The average molecular weight is 546 g/mol. The molecule has 0 bridgehead atoms. The van der Waals surface area contributed by atoms with Crippen LogP contribution in [0.2, 0.25) is 0 Å². The highest BCUT2D eigenvalue weighted by molar-refractivity contribution is 7.74. The van der Waals surface area contributed by atoms with E-state index >= 15 is 0 Å². The maximum Gasteiger partial charge on any atom is 0.573 e. The fourth-order valence-electron chi connectivity index (χ4n) is 3.60. The van der Waals surface area contributed by atoms with Gasteiger partial charge < -0.3 is 15.2 Å². The number of ether oxygens (including phenoxy) is 1. The minimum Gasteiger partial charge on any atom is -0.506 e. The summed E-state index contributed by atoms with van der Waals surface area (Å²) in [5, 5.41) is 12.9. The molecule has 0 saturated carbocycles. The van der Waals surface area contributed by atoms with Crippen molar-refractivity contribution in [3.05, 3.63) is 102 Å². The van der Waals surface area contributed by atoms with Crippen LogP contribution in [-0.4, -0.2) is 25.8 Å². The Balaban J connectivity index is 1.57. The quantitative estimate of drug-likeness (QED) is 0.150. The highest BCUT2D eigenvalue weighted by Gasteiger charge is 2.32. The zero-order valence-electron chi connectivity index (χ0n) is 19.1. The van der Waals surface area contributed by atoms with Crippen molar-refractivity contribution >= 4 is 33.9 Å². The minimum absolute atomic E-state index is 0.0617. The van der Waals surface area contributed by atoms with Gasteiger partial charge in [0.05, 0.1) is 5.69 Å². The zero-order valence-corrected chi connectivity index (χ0v) is 20.0. The number of nitrogens with one attached hydrogen (secondary N) is 1. The van der Waals surface area contributed by atoms with E-state index in [9.17, 15) is 35.9 Å². The SMILES string of the molecule is O=C(Nc1ccc(O)c(N(c2ccc(F)cc2)[SH](=O)=O)c1)c1ccc(-c2ccccc2OC(F)(F)F)cc1. The zero-order chi connectivity index (χ0) is 27.4. The number of phenols is 1. The lowest BCUT2D eigenvalue weighted by molar-refractivity contribution is -0.274. The van der Waals surface area contributed by atoms with Gasteiger partial charge in [-0.15, -0.1) is 13.2 Å². The first-order valence-corrected chi connectivity index (χ1v) is 11.9. The normalized spacial score (nSPS) is 11.3. The molecule has 4 aromatic rings. The molecule has 38 heavy (non-hydrogen) atoms. The highest BCUT2D eigenvalue weighted by atomic mass is 32.2. The number of carbonyl (C=O) groups excluding carboxylic acids is 1. The summed E-state index contributed by atoms with van der Waals surface area (Å²) in [5.74, 6) is -1.98. The van der Waals surface area contributed by atoms with Crippen LogP contribution < -0.4 is 14.4 Å². The van der Waals surface area contributed by atoms with Gasteiger partial charge in [0.2, 0.25) is 10.9 Å². The fraction of sp³-hybridized carbons (Fsp3) is 0.0385. The van der Waals surface area contributed by atoms with E-state index in [1.807, 2.05) is 0 Å². The summed E-state index contributed by atoms with van der Waals surface area (Å²) in [6.45, 7) is 0. The number of phenolic OH excluding ortho intramolecular Hbond substituents is 1. The van der Waals surface area contributed by atoms with Crippen LogP contribution in [0.15, 0.2) is 91.0 Å². The van der Waals surface area contributed by atoms with Gasteiger partial charge in [0, 0.05) is 16.8 Å². The standard InChI is InChI=1S/C26H18F4N2O5S/c27-18-9-12-20(13-10-18)32(38(35)36)22-15-19(11-14-23(22)33)31-25(34)17-7-5-16(6-8-17)21-3-1-2-4-24(21)37-26(28,29)30/h1-15,33,38H,(H,31,34). The molecule has 4 rings (SSSR count). The van der Waals surface area contributed by atoms with Crippen molar-refractivity contribution in [2.24, 2.45) is 0 Å². The summed E-state index contributed by atoms with van der Waals surface area (Å²) in [4.78, 5) is 12.8. The van der Waals surface area contributed by atoms with Gasteiger partial charge in [-0.2, -0.15) is 0 Å². The van der Waals surface area contributed by atoms with E-state index < -0.39 is 40.5 Å². The lowest BCUT2D eigenvalue weighted by Gasteiger charge is -2.20. The number of para-hydroxylation sites is 1. The average Bonchev–Trinajstić information content (AvgIpc) is 2.86. The fourth-order valence-corrected chi connectivity index (χ4v) is 4.26. The molecule has 0 heterocycles. The summed E-state index contributed by atoms with van der Waals surface area (Å²) in [7, 11) is -3.30. The van der Waals surface area contributed by atoms with Crippen molar-refractivity contribution in [2.75, 3.05) is 9.62 Å². The number of amides is 1. The van der Waals surface area contributed by atoms with Gasteiger partial charge in [-0.25, -0.2) is 17.1 Å². The Morgan fingerprint density at radius 1 is 0.895 bits per heavy atom. The second-order valence-electron chi connectivity index (χ2n) is 7.80. The van der Waals surface area contributed by atoms with E-state index in [1.165, 1.54) is 72.8 Å². The number of nitrogens with zero attached hydrogens (tertiary/aromatic N) is 1. The topological polar surface area (TPSA) is 95.9 Å².